The molecule has 1 amide bonds. The normalized spacial score (nSPS) is 18.3. The number of halogens is 2. The van der Waals surface area contributed by atoms with Crippen LogP contribution in [0, 0.1) is 31.4 Å². The van der Waals surface area contributed by atoms with Gasteiger partial charge in [0.25, 0.3) is 5.91 Å². The Morgan fingerprint density at radius 3 is 2.37 bits per heavy atom. The zero-order valence-electron chi connectivity index (χ0n) is 21.8. The van der Waals surface area contributed by atoms with Gasteiger partial charge < -0.3 is 15.1 Å². The van der Waals surface area contributed by atoms with Gasteiger partial charge in [0.15, 0.2) is 0 Å². The first-order valence-electron chi connectivity index (χ1n) is 12.8. The van der Waals surface area contributed by atoms with Crippen molar-refractivity contribution >= 4 is 11.7 Å². The third-order valence-corrected chi connectivity index (χ3v) is 7.50. The van der Waals surface area contributed by atoms with Gasteiger partial charge in [0.05, 0.1) is 24.3 Å². The second-order valence-electron chi connectivity index (χ2n) is 10.2. The summed E-state index contributed by atoms with van der Waals surface area (Å²) in [6.45, 7) is 4.77. The van der Waals surface area contributed by atoms with Gasteiger partial charge in [-0.1, -0.05) is 12.1 Å². The van der Waals surface area contributed by atoms with Crippen molar-refractivity contribution in [2.24, 2.45) is 5.92 Å². The highest BCUT2D eigenvalue weighted by molar-refractivity contribution is 5.95. The van der Waals surface area contributed by atoms with E-state index in [-0.39, 0.29) is 47.7 Å². The molecule has 1 aliphatic rings. The largest absolute Gasteiger partial charge is 0.508 e. The van der Waals surface area contributed by atoms with E-state index in [1.807, 2.05) is 4.68 Å². The molecule has 1 fully saturated rings. The molecule has 3 aromatic rings. The number of benzene rings is 2. The molecule has 38 heavy (non-hydrogen) atoms. The molecule has 1 aliphatic carbocycles. The number of hydrogen-bond donors (Lipinski definition) is 2. The molecule has 1 aromatic heterocycles. The maximum atomic E-state index is 13.9. The predicted molar refractivity (Wildman–Crippen MR) is 138 cm³/mol. The van der Waals surface area contributed by atoms with E-state index in [2.05, 4.69) is 5.10 Å². The SMILES string of the molecule is Cc1cccc(O)c1C(O)CN(Cc1cc(F)cc(F)c1)C(=O)c1cnn([C@H]2CC[C@H](C(C)=O)CC2)c1C. The minimum absolute atomic E-state index is 0.0599. The molecule has 2 aromatic carbocycles. The van der Waals surface area contributed by atoms with Crippen LogP contribution in [0.15, 0.2) is 42.6 Å². The van der Waals surface area contributed by atoms with E-state index in [1.54, 1.807) is 32.9 Å². The molecule has 1 unspecified atom stereocenters. The summed E-state index contributed by atoms with van der Waals surface area (Å²) in [6, 6.07) is 7.95. The average Bonchev–Trinajstić information content (AvgIpc) is 3.23. The third kappa shape index (κ3) is 5.93. The van der Waals surface area contributed by atoms with Crippen molar-refractivity contribution < 1.29 is 28.6 Å². The molecule has 0 radical (unpaired) electrons. The Hall–Kier alpha value is -3.59. The fourth-order valence-electron chi connectivity index (χ4n) is 5.44. The average molecular weight is 526 g/mol. The van der Waals surface area contributed by atoms with Crippen molar-refractivity contribution in [1.29, 1.82) is 0 Å². The fraction of sp³-hybridized carbons (Fsp3) is 0.414. The third-order valence-electron chi connectivity index (χ3n) is 7.50. The highest BCUT2D eigenvalue weighted by Gasteiger charge is 2.30. The van der Waals surface area contributed by atoms with Gasteiger partial charge in [-0.25, -0.2) is 8.78 Å². The number of phenols is 1. The Labute approximate surface area is 220 Å². The van der Waals surface area contributed by atoms with Gasteiger partial charge in [0, 0.05) is 29.8 Å². The molecule has 0 saturated heterocycles. The molecular weight excluding hydrogens is 492 g/mol. The van der Waals surface area contributed by atoms with E-state index >= 15 is 0 Å². The van der Waals surface area contributed by atoms with Crippen molar-refractivity contribution in [3.8, 4) is 5.75 Å². The van der Waals surface area contributed by atoms with Crippen LogP contribution in [0.2, 0.25) is 0 Å². The summed E-state index contributed by atoms with van der Waals surface area (Å²) >= 11 is 0. The highest BCUT2D eigenvalue weighted by Crippen LogP contribution is 2.34. The number of nitrogens with zero attached hydrogens (tertiary/aromatic N) is 3. The van der Waals surface area contributed by atoms with Crippen molar-refractivity contribution in [3.05, 3.63) is 82.2 Å². The summed E-state index contributed by atoms with van der Waals surface area (Å²) in [5.41, 5.74) is 2.11. The van der Waals surface area contributed by atoms with Crippen molar-refractivity contribution in [2.45, 2.75) is 65.1 Å². The number of ketones is 1. The molecule has 1 saturated carbocycles. The molecule has 1 atom stereocenters. The first kappa shape index (κ1) is 27.4. The zero-order chi connectivity index (χ0) is 27.6. The molecule has 0 bridgehead atoms. The number of aliphatic hydroxyl groups is 1. The summed E-state index contributed by atoms with van der Waals surface area (Å²) in [5.74, 6) is -1.84. The van der Waals surface area contributed by atoms with Crippen molar-refractivity contribution in [3.63, 3.8) is 0 Å². The molecular formula is C29H33F2N3O4. The topological polar surface area (TPSA) is 95.7 Å². The summed E-state index contributed by atoms with van der Waals surface area (Å²) in [7, 11) is 0. The quantitative estimate of drug-likeness (QED) is 0.423. The molecule has 9 heteroatoms. The standard InChI is InChI=1S/C29H33F2N3O4/c1-17-5-4-6-26(36)28(17)27(37)16-33(15-20-11-22(30)13-23(31)12-20)29(38)25-14-32-34(18(25)2)24-9-7-21(8-10-24)19(3)35/h4-6,11-14,21,24,27,36-37H,7-10,15-16H2,1-3H3/t21-,24-,27?. The Morgan fingerprint density at radius 1 is 1.11 bits per heavy atom. The van der Waals surface area contributed by atoms with E-state index in [4.69, 9.17) is 0 Å². The second kappa shape index (κ2) is 11.4. The highest BCUT2D eigenvalue weighted by atomic mass is 19.1. The van der Waals surface area contributed by atoms with E-state index in [9.17, 15) is 28.6 Å². The van der Waals surface area contributed by atoms with Crippen molar-refractivity contribution in [2.75, 3.05) is 6.54 Å². The molecule has 2 N–H and O–H groups in total. The predicted octanol–water partition coefficient (Wildman–Crippen LogP) is 5.18. The van der Waals surface area contributed by atoms with Crippen LogP contribution in [-0.4, -0.2) is 43.1 Å². The van der Waals surface area contributed by atoms with Crippen LogP contribution in [0.25, 0.3) is 0 Å². The Bertz CT molecular complexity index is 1290. The van der Waals surface area contributed by atoms with Gasteiger partial charge in [0.1, 0.15) is 29.3 Å². The lowest BCUT2D eigenvalue weighted by atomic mass is 9.84. The number of aryl methyl sites for hydroxylation is 1. The lowest BCUT2D eigenvalue weighted by molar-refractivity contribution is -0.121. The number of Topliss-reactive ketones (excluding diaryl/α,β-unsaturated/α-hetero) is 1. The zero-order valence-corrected chi connectivity index (χ0v) is 21.8. The molecule has 7 nitrogen and oxygen atoms in total. The van der Waals surface area contributed by atoms with Crippen LogP contribution in [0.3, 0.4) is 0 Å². The van der Waals surface area contributed by atoms with E-state index in [1.165, 1.54) is 17.2 Å². The maximum absolute atomic E-state index is 13.9. The van der Waals surface area contributed by atoms with Crippen LogP contribution in [0.1, 0.15) is 77.5 Å². The van der Waals surface area contributed by atoms with Crippen molar-refractivity contribution in [1.82, 2.24) is 14.7 Å². The van der Waals surface area contributed by atoms with Gasteiger partial charge in [-0.2, -0.15) is 5.10 Å². The number of aromatic hydroxyl groups is 1. The lowest BCUT2D eigenvalue weighted by Crippen LogP contribution is -2.35. The number of phenolic OH excluding ortho intramolecular Hbond substituents is 1. The second-order valence-corrected chi connectivity index (χ2v) is 10.2. The van der Waals surface area contributed by atoms with Gasteiger partial charge in [-0.05, 0) is 75.8 Å². The Kier molecular flexibility index (Phi) is 8.26. The monoisotopic (exact) mass is 525 g/mol. The summed E-state index contributed by atoms with van der Waals surface area (Å²) in [4.78, 5) is 26.8. The molecule has 202 valence electrons. The fourth-order valence-corrected chi connectivity index (χ4v) is 5.44. The van der Waals surface area contributed by atoms with Gasteiger partial charge in [-0.3, -0.25) is 14.3 Å². The van der Waals surface area contributed by atoms with Crippen LogP contribution >= 0.6 is 0 Å². The summed E-state index contributed by atoms with van der Waals surface area (Å²) in [5, 5.41) is 25.8. The summed E-state index contributed by atoms with van der Waals surface area (Å²) < 4.78 is 29.7. The van der Waals surface area contributed by atoms with Gasteiger partial charge in [-0.15, -0.1) is 0 Å². The van der Waals surface area contributed by atoms with Crippen LogP contribution in [-0.2, 0) is 11.3 Å². The molecule has 4 rings (SSSR count). The number of hydrogen-bond acceptors (Lipinski definition) is 5. The lowest BCUT2D eigenvalue weighted by Gasteiger charge is -2.29. The Balaban J connectivity index is 1.62. The molecule has 0 spiro atoms. The van der Waals surface area contributed by atoms with Crippen LogP contribution < -0.4 is 0 Å². The van der Waals surface area contributed by atoms with E-state index in [0.29, 0.717) is 16.8 Å². The number of carbonyl (C=O) groups excluding carboxylic acids is 2. The number of carbonyl (C=O) groups is 2. The number of rotatable bonds is 8. The summed E-state index contributed by atoms with van der Waals surface area (Å²) in [6.07, 6.45) is 3.33. The number of aromatic nitrogens is 2. The Morgan fingerprint density at radius 2 is 1.76 bits per heavy atom. The molecule has 0 aliphatic heterocycles. The van der Waals surface area contributed by atoms with Crippen LogP contribution in [0.5, 0.6) is 5.75 Å². The minimum Gasteiger partial charge on any atom is -0.508 e. The first-order chi connectivity index (χ1) is 18.0. The van der Waals surface area contributed by atoms with Crippen LogP contribution in [0.4, 0.5) is 8.78 Å². The van der Waals surface area contributed by atoms with E-state index in [0.717, 1.165) is 43.9 Å². The minimum atomic E-state index is -1.24. The molecule has 1 heterocycles. The first-order valence-corrected chi connectivity index (χ1v) is 12.8. The smallest absolute Gasteiger partial charge is 0.257 e. The number of aliphatic hydroxyl groups excluding tert-OH is 1. The van der Waals surface area contributed by atoms with Gasteiger partial charge >= 0.3 is 0 Å². The van der Waals surface area contributed by atoms with Gasteiger partial charge in [0.2, 0.25) is 0 Å². The van der Waals surface area contributed by atoms with E-state index < -0.39 is 23.6 Å². The maximum Gasteiger partial charge on any atom is 0.257 e. The number of amides is 1.